The average Bonchev–Trinajstić information content (AvgIpc) is 2.79. The molecule has 176 valence electrons. The van der Waals surface area contributed by atoms with Gasteiger partial charge in [0, 0.05) is 22.9 Å². The molecule has 0 spiro atoms. The number of rotatable bonds is 4. The maximum absolute atomic E-state index is 13.7. The Labute approximate surface area is 195 Å². The highest BCUT2D eigenvalue weighted by atomic mass is 16.5. The quantitative estimate of drug-likeness (QED) is 0.537. The van der Waals surface area contributed by atoms with E-state index in [-0.39, 0.29) is 23.8 Å². The third-order valence-corrected chi connectivity index (χ3v) is 7.20. The molecule has 0 radical (unpaired) electrons. The number of esters is 2. The largest absolute Gasteiger partial charge is 0.468 e. The molecule has 4 rings (SSSR count). The number of hydrogen-bond donors (Lipinski definition) is 1. The SMILES string of the molecule is COC(=O)C1C(=O)C2=C(CC1C)NC(C)=C(C(=O)OC1CCCCC1)C2c1ccc(C)cc1. The van der Waals surface area contributed by atoms with Crippen molar-refractivity contribution in [3.63, 3.8) is 0 Å². The van der Waals surface area contributed by atoms with E-state index in [9.17, 15) is 14.4 Å². The fourth-order valence-corrected chi connectivity index (χ4v) is 5.44. The Bertz CT molecular complexity index is 1010. The van der Waals surface area contributed by atoms with Crippen molar-refractivity contribution in [2.45, 2.75) is 71.3 Å². The lowest BCUT2D eigenvalue weighted by atomic mass is 9.69. The molecule has 1 aromatic carbocycles. The Balaban J connectivity index is 1.77. The molecule has 0 amide bonds. The van der Waals surface area contributed by atoms with E-state index in [1.54, 1.807) is 0 Å². The van der Waals surface area contributed by atoms with E-state index >= 15 is 0 Å². The number of carbonyl (C=O) groups excluding carboxylic acids is 3. The molecule has 1 N–H and O–H groups in total. The Morgan fingerprint density at radius 1 is 1.03 bits per heavy atom. The molecule has 0 saturated heterocycles. The molecule has 0 aromatic heterocycles. The number of nitrogens with one attached hydrogen (secondary N) is 1. The highest BCUT2D eigenvalue weighted by Gasteiger charge is 2.47. The van der Waals surface area contributed by atoms with Gasteiger partial charge in [-0.3, -0.25) is 9.59 Å². The zero-order chi connectivity index (χ0) is 23.7. The van der Waals surface area contributed by atoms with Crippen molar-refractivity contribution < 1.29 is 23.9 Å². The molecule has 3 aliphatic rings. The summed E-state index contributed by atoms with van der Waals surface area (Å²) in [4.78, 5) is 39.7. The summed E-state index contributed by atoms with van der Waals surface area (Å²) >= 11 is 0. The lowest BCUT2D eigenvalue weighted by Gasteiger charge is -2.38. The van der Waals surface area contributed by atoms with E-state index in [0.717, 1.165) is 42.5 Å². The van der Waals surface area contributed by atoms with Gasteiger partial charge in [-0.25, -0.2) is 4.79 Å². The number of allylic oxidation sites excluding steroid dienone is 3. The van der Waals surface area contributed by atoms with Gasteiger partial charge in [0.15, 0.2) is 5.78 Å². The van der Waals surface area contributed by atoms with Crippen LogP contribution >= 0.6 is 0 Å². The molecule has 2 aliphatic carbocycles. The second kappa shape index (κ2) is 9.54. The normalized spacial score (nSPS) is 25.9. The van der Waals surface area contributed by atoms with Gasteiger partial charge in [-0.05, 0) is 57.4 Å². The number of Topliss-reactive ketones (excluding diaryl/α,β-unsaturated/α-hetero) is 1. The Morgan fingerprint density at radius 3 is 2.33 bits per heavy atom. The topological polar surface area (TPSA) is 81.7 Å². The lowest BCUT2D eigenvalue weighted by molar-refractivity contribution is -0.151. The van der Waals surface area contributed by atoms with Crippen LogP contribution in [-0.2, 0) is 23.9 Å². The van der Waals surface area contributed by atoms with E-state index in [0.29, 0.717) is 23.3 Å². The minimum Gasteiger partial charge on any atom is -0.468 e. The first-order chi connectivity index (χ1) is 15.8. The predicted molar refractivity (Wildman–Crippen MR) is 124 cm³/mol. The molecule has 6 nitrogen and oxygen atoms in total. The van der Waals surface area contributed by atoms with Crippen LogP contribution in [-0.4, -0.2) is 30.9 Å². The summed E-state index contributed by atoms with van der Waals surface area (Å²) in [7, 11) is 1.31. The number of carbonyl (C=O) groups is 3. The first kappa shape index (κ1) is 23.3. The van der Waals surface area contributed by atoms with Crippen molar-refractivity contribution >= 4 is 17.7 Å². The molecule has 1 aromatic rings. The molecule has 3 atom stereocenters. The molecule has 3 unspecified atom stereocenters. The van der Waals surface area contributed by atoms with Crippen molar-refractivity contribution in [3.8, 4) is 0 Å². The van der Waals surface area contributed by atoms with E-state index in [4.69, 9.17) is 9.47 Å². The van der Waals surface area contributed by atoms with Gasteiger partial charge >= 0.3 is 11.9 Å². The zero-order valence-corrected chi connectivity index (χ0v) is 19.9. The number of ether oxygens (including phenoxy) is 2. The number of benzene rings is 1. The predicted octanol–water partition coefficient (Wildman–Crippen LogP) is 4.48. The Hall–Kier alpha value is -2.89. The monoisotopic (exact) mass is 451 g/mol. The van der Waals surface area contributed by atoms with Crippen molar-refractivity contribution in [1.82, 2.24) is 5.32 Å². The van der Waals surface area contributed by atoms with Crippen molar-refractivity contribution in [2.24, 2.45) is 11.8 Å². The lowest BCUT2D eigenvalue weighted by Crippen LogP contribution is -2.43. The number of aryl methyl sites for hydroxylation is 1. The van der Waals surface area contributed by atoms with Crippen molar-refractivity contribution in [2.75, 3.05) is 7.11 Å². The van der Waals surface area contributed by atoms with Crippen molar-refractivity contribution in [1.29, 1.82) is 0 Å². The van der Waals surface area contributed by atoms with E-state index in [2.05, 4.69) is 5.32 Å². The third-order valence-electron chi connectivity index (χ3n) is 7.20. The van der Waals surface area contributed by atoms with Gasteiger partial charge in [-0.1, -0.05) is 43.2 Å². The average molecular weight is 452 g/mol. The summed E-state index contributed by atoms with van der Waals surface area (Å²) in [6.07, 6.45) is 5.47. The minimum atomic E-state index is -0.877. The standard InChI is InChI=1S/C27H33NO5/c1-15-10-12-18(13-11-15)23-22(27(31)33-19-8-6-5-7-9-19)17(3)28-20-14-16(2)21(26(30)32-4)25(29)24(20)23/h10-13,16,19,21,23,28H,5-9,14H2,1-4H3. The van der Waals surface area contributed by atoms with E-state index in [1.807, 2.05) is 45.0 Å². The van der Waals surface area contributed by atoms with Gasteiger partial charge in [0.25, 0.3) is 0 Å². The van der Waals surface area contributed by atoms with Crippen LogP contribution < -0.4 is 5.32 Å². The summed E-state index contributed by atoms with van der Waals surface area (Å²) < 4.78 is 10.9. The third kappa shape index (κ3) is 4.48. The van der Waals surface area contributed by atoms with Crippen LogP contribution in [0.3, 0.4) is 0 Å². The molecule has 6 heteroatoms. The number of dihydropyridines is 1. The summed E-state index contributed by atoms with van der Waals surface area (Å²) in [6, 6.07) is 7.86. The number of ketones is 1. The molecule has 1 saturated carbocycles. The van der Waals surface area contributed by atoms with Gasteiger partial charge in [0.05, 0.1) is 12.7 Å². The first-order valence-electron chi connectivity index (χ1n) is 11.9. The molecule has 0 bridgehead atoms. The summed E-state index contributed by atoms with van der Waals surface area (Å²) in [6.45, 7) is 5.75. The summed E-state index contributed by atoms with van der Waals surface area (Å²) in [5.74, 6) is -2.84. The van der Waals surface area contributed by atoms with Crippen LogP contribution in [0, 0.1) is 18.8 Å². The number of hydrogen-bond acceptors (Lipinski definition) is 6. The van der Waals surface area contributed by atoms with Crippen LogP contribution in [0.1, 0.15) is 69.4 Å². The Morgan fingerprint density at radius 2 is 1.70 bits per heavy atom. The maximum atomic E-state index is 13.7. The molecular formula is C27H33NO5. The smallest absolute Gasteiger partial charge is 0.337 e. The second-order valence-electron chi connectivity index (χ2n) is 9.61. The van der Waals surface area contributed by atoms with Crippen LogP contribution in [0.25, 0.3) is 0 Å². The molecular weight excluding hydrogens is 418 g/mol. The van der Waals surface area contributed by atoms with Gasteiger partial charge in [-0.15, -0.1) is 0 Å². The highest BCUT2D eigenvalue weighted by Crippen LogP contribution is 2.45. The fraction of sp³-hybridized carbons (Fsp3) is 0.519. The van der Waals surface area contributed by atoms with Gasteiger partial charge in [-0.2, -0.15) is 0 Å². The van der Waals surface area contributed by atoms with E-state index in [1.165, 1.54) is 13.5 Å². The van der Waals surface area contributed by atoms with Crippen LogP contribution in [0.4, 0.5) is 0 Å². The maximum Gasteiger partial charge on any atom is 0.337 e. The zero-order valence-electron chi connectivity index (χ0n) is 19.9. The van der Waals surface area contributed by atoms with Crippen LogP contribution in [0.15, 0.2) is 46.8 Å². The van der Waals surface area contributed by atoms with Crippen LogP contribution in [0.5, 0.6) is 0 Å². The van der Waals surface area contributed by atoms with Gasteiger partial charge in [0.2, 0.25) is 0 Å². The van der Waals surface area contributed by atoms with E-state index < -0.39 is 17.8 Å². The highest BCUT2D eigenvalue weighted by molar-refractivity contribution is 6.12. The van der Waals surface area contributed by atoms with Gasteiger partial charge in [0.1, 0.15) is 12.0 Å². The molecule has 1 aliphatic heterocycles. The summed E-state index contributed by atoms with van der Waals surface area (Å²) in [5.41, 5.74) is 4.35. The summed E-state index contributed by atoms with van der Waals surface area (Å²) in [5, 5.41) is 3.32. The first-order valence-corrected chi connectivity index (χ1v) is 11.9. The van der Waals surface area contributed by atoms with Crippen molar-refractivity contribution in [3.05, 3.63) is 57.9 Å². The fourth-order valence-electron chi connectivity index (χ4n) is 5.44. The molecule has 1 fully saturated rings. The van der Waals surface area contributed by atoms with Gasteiger partial charge < -0.3 is 14.8 Å². The Kier molecular flexibility index (Phi) is 6.73. The second-order valence-corrected chi connectivity index (χ2v) is 9.61. The molecule has 33 heavy (non-hydrogen) atoms. The molecule has 1 heterocycles. The number of methoxy groups -OCH3 is 1. The van der Waals surface area contributed by atoms with Crippen LogP contribution in [0.2, 0.25) is 0 Å². The minimum absolute atomic E-state index is 0.0921.